The molecule has 0 heterocycles. The third kappa shape index (κ3) is 1.90. The number of halogens is 2. The summed E-state index contributed by atoms with van der Waals surface area (Å²) in [6.07, 6.45) is 12.9. The van der Waals surface area contributed by atoms with E-state index >= 15 is 0 Å². The van der Waals surface area contributed by atoms with Gasteiger partial charge in [0.05, 0.1) is 0 Å². The molecular weight excluding hydrogens is 366 g/mol. The third-order valence-corrected chi connectivity index (χ3v) is 24.4. The quantitative estimate of drug-likeness (QED) is 0.569. The van der Waals surface area contributed by atoms with E-state index in [9.17, 15) is 0 Å². The van der Waals surface area contributed by atoms with Crippen LogP contribution in [0.5, 0.6) is 0 Å². The first-order chi connectivity index (χ1) is 9.23. The Kier molecular flexibility index (Phi) is 3.30. The molecule has 20 heavy (non-hydrogen) atoms. The molecule has 0 amide bonds. The second-order valence-electron chi connectivity index (χ2n) is 6.46. The Hall–Kier alpha value is -0.0969. The molecule has 1 aromatic rings. The Morgan fingerprint density at radius 2 is 1.80 bits per heavy atom. The number of rotatable bonds is 2. The van der Waals surface area contributed by atoms with Crippen LogP contribution < -0.4 is 0 Å². The van der Waals surface area contributed by atoms with Crippen LogP contribution in [-0.4, -0.2) is 0 Å². The molecule has 0 N–H and O–H groups in total. The molecule has 3 rings (SSSR count). The summed E-state index contributed by atoms with van der Waals surface area (Å²) in [6, 6.07) is 6.57. The molecule has 0 aliphatic heterocycles. The molecule has 0 fully saturated rings. The van der Waals surface area contributed by atoms with E-state index in [0.717, 1.165) is 0 Å². The van der Waals surface area contributed by atoms with Crippen LogP contribution in [-0.2, 0) is 19.5 Å². The van der Waals surface area contributed by atoms with Gasteiger partial charge in [-0.25, -0.2) is 0 Å². The van der Waals surface area contributed by atoms with Crippen LogP contribution in [0.25, 0.3) is 6.08 Å². The second kappa shape index (κ2) is 4.45. The molecule has 3 heteroatoms. The van der Waals surface area contributed by atoms with Gasteiger partial charge in [-0.2, -0.15) is 0 Å². The summed E-state index contributed by atoms with van der Waals surface area (Å²) in [5, 5.41) is 0. The molecular formula is C17H19Cl2Zr. The summed E-state index contributed by atoms with van der Waals surface area (Å²) in [4.78, 5) is 0. The molecule has 2 aliphatic rings. The van der Waals surface area contributed by atoms with Gasteiger partial charge in [0.1, 0.15) is 0 Å². The Morgan fingerprint density at radius 3 is 2.45 bits per heavy atom. The molecule has 1 aromatic carbocycles. The van der Waals surface area contributed by atoms with Crippen LogP contribution in [0.1, 0.15) is 23.6 Å². The molecule has 1 unspecified atom stereocenters. The van der Waals surface area contributed by atoms with Crippen molar-refractivity contribution in [1.29, 1.82) is 0 Å². The van der Waals surface area contributed by atoms with Crippen LogP contribution in [0.4, 0.5) is 0 Å². The number of hydrogen-bond donors (Lipinski definition) is 0. The van der Waals surface area contributed by atoms with Gasteiger partial charge in [0, 0.05) is 0 Å². The van der Waals surface area contributed by atoms with Crippen molar-refractivity contribution in [3.05, 3.63) is 65.3 Å². The molecule has 0 aromatic heterocycles. The number of aryl methyl sites for hydroxylation is 1. The average molecular weight is 385 g/mol. The topological polar surface area (TPSA) is 0 Å². The van der Waals surface area contributed by atoms with Crippen LogP contribution in [0.15, 0.2) is 48.6 Å². The van der Waals surface area contributed by atoms with Crippen molar-refractivity contribution < 1.29 is 16.4 Å². The fourth-order valence-corrected chi connectivity index (χ4v) is 14.6. The van der Waals surface area contributed by atoms with Gasteiger partial charge in [0.15, 0.2) is 0 Å². The molecule has 2 aliphatic carbocycles. The van der Waals surface area contributed by atoms with Crippen molar-refractivity contribution >= 4 is 23.1 Å². The normalized spacial score (nSPS) is 26.8. The van der Waals surface area contributed by atoms with Crippen LogP contribution in [0.2, 0.25) is 8.26 Å². The molecule has 0 radical (unpaired) electrons. The Morgan fingerprint density at radius 1 is 1.15 bits per heavy atom. The standard InChI is InChI=1S/C11H11.C5H5.CH3.2ClH.Zr/c1-8-3-5-10-6-4-9(2)11(10)7-8;1-2-4-5-3-1;;;;/h3-7H,1-2H3;1-5H;1H3;2*1H;/q;;;;;+2/p-2. The first-order valence-electron chi connectivity index (χ1n) is 6.98. The van der Waals surface area contributed by atoms with E-state index < -0.39 is 16.4 Å². The SMILES string of the molecule is Cc1ccc2c(c1)[C](C)([Zr]([CH3])([Cl])([Cl])[CH]1C=CC=C1)C=C2. The Labute approximate surface area is 129 Å². The van der Waals surface area contributed by atoms with Crippen LogP contribution in [0, 0.1) is 6.92 Å². The molecule has 0 nitrogen and oxygen atoms in total. The minimum absolute atomic E-state index is 0.195. The molecule has 0 spiro atoms. The number of allylic oxidation sites excluding steroid dienone is 5. The predicted molar refractivity (Wildman–Crippen MR) is 87.2 cm³/mol. The summed E-state index contributed by atoms with van der Waals surface area (Å²) >= 11 is -4.07. The summed E-state index contributed by atoms with van der Waals surface area (Å²) in [5.74, 6) is 0. The van der Waals surface area contributed by atoms with Crippen molar-refractivity contribution in [2.75, 3.05) is 0 Å². The predicted octanol–water partition coefficient (Wildman–Crippen LogP) is 6.20. The van der Waals surface area contributed by atoms with E-state index in [4.69, 9.17) is 17.0 Å². The average Bonchev–Trinajstić information content (AvgIpc) is 2.99. The van der Waals surface area contributed by atoms with Gasteiger partial charge >= 0.3 is 130 Å². The van der Waals surface area contributed by atoms with Gasteiger partial charge < -0.3 is 0 Å². The van der Waals surface area contributed by atoms with E-state index in [2.05, 4.69) is 73.1 Å². The zero-order valence-corrected chi connectivity index (χ0v) is 16.0. The van der Waals surface area contributed by atoms with E-state index in [0.29, 0.717) is 0 Å². The Bertz CT molecular complexity index is 649. The summed E-state index contributed by atoms with van der Waals surface area (Å²) in [7, 11) is 14.5. The number of benzene rings is 1. The first-order valence-corrected chi connectivity index (χ1v) is 18.4. The Balaban J connectivity index is 2.20. The van der Waals surface area contributed by atoms with E-state index in [1.807, 2.05) is 0 Å². The molecule has 0 saturated heterocycles. The van der Waals surface area contributed by atoms with Crippen LogP contribution >= 0.6 is 17.0 Å². The zero-order chi connectivity index (χ0) is 14.6. The number of hydrogen-bond acceptors (Lipinski definition) is 0. The molecule has 1 atom stereocenters. The molecule has 105 valence electrons. The fourth-order valence-electron chi connectivity index (χ4n) is 3.33. The van der Waals surface area contributed by atoms with Crippen LogP contribution in [0.3, 0.4) is 0 Å². The van der Waals surface area contributed by atoms with Gasteiger partial charge in [-0.15, -0.1) is 0 Å². The van der Waals surface area contributed by atoms with Crippen molar-refractivity contribution in [3.63, 3.8) is 0 Å². The minimum atomic E-state index is -4.07. The monoisotopic (exact) mass is 383 g/mol. The maximum absolute atomic E-state index is 7.25. The van der Waals surface area contributed by atoms with E-state index in [1.54, 1.807) is 0 Å². The van der Waals surface area contributed by atoms with Crippen molar-refractivity contribution in [3.8, 4) is 0 Å². The van der Waals surface area contributed by atoms with E-state index in [1.165, 1.54) is 16.7 Å². The zero-order valence-electron chi connectivity index (χ0n) is 12.0. The summed E-state index contributed by atoms with van der Waals surface area (Å²) < 4.78 is 2.12. The first kappa shape index (κ1) is 14.8. The molecule has 0 bridgehead atoms. The third-order valence-electron chi connectivity index (χ3n) is 5.08. The van der Waals surface area contributed by atoms with Gasteiger partial charge in [0.25, 0.3) is 0 Å². The van der Waals surface area contributed by atoms with Gasteiger partial charge in [-0.1, -0.05) is 0 Å². The van der Waals surface area contributed by atoms with Gasteiger partial charge in [-0.3, -0.25) is 0 Å². The summed E-state index contributed by atoms with van der Waals surface area (Å²) in [5.41, 5.74) is 3.81. The van der Waals surface area contributed by atoms with Gasteiger partial charge in [-0.05, 0) is 0 Å². The second-order valence-corrected chi connectivity index (χ2v) is 30.9. The molecule has 0 saturated carbocycles. The number of fused-ring (bicyclic) bond motifs is 1. The van der Waals surface area contributed by atoms with Gasteiger partial charge in [0.2, 0.25) is 0 Å². The van der Waals surface area contributed by atoms with E-state index in [-0.39, 0.29) is 6.75 Å². The van der Waals surface area contributed by atoms with Crippen molar-refractivity contribution in [1.82, 2.24) is 0 Å². The van der Waals surface area contributed by atoms with Crippen molar-refractivity contribution in [2.45, 2.75) is 25.2 Å². The summed E-state index contributed by atoms with van der Waals surface area (Å²) in [6.45, 7) is 4.34. The fraction of sp³-hybridized carbons (Fsp3) is 0.294. The maximum atomic E-state index is 7.25. The van der Waals surface area contributed by atoms with Crippen molar-refractivity contribution in [2.24, 2.45) is 0 Å².